The maximum atomic E-state index is 5.62. The first-order chi connectivity index (χ1) is 14.0. The standard InChI is InChI=1S/C16H44O8Si5/c1-17-25(18-2)9-13-29(14-10-26(19-3)20-4,15-11-27(21-5)22-6)16-12-28(23-7)24-8/h25-28H,9-16H2,1-8H3. The van der Waals surface area contributed by atoms with E-state index in [-0.39, 0.29) is 0 Å². The van der Waals surface area contributed by atoms with Crippen molar-refractivity contribution in [2.45, 2.75) is 48.4 Å². The fourth-order valence-corrected chi connectivity index (χ4v) is 21.5. The summed E-state index contributed by atoms with van der Waals surface area (Å²) in [6.07, 6.45) is 0. The van der Waals surface area contributed by atoms with Crippen LogP contribution in [0.4, 0.5) is 0 Å². The van der Waals surface area contributed by atoms with Crippen LogP contribution in [0.2, 0.25) is 48.4 Å². The Kier molecular flexibility index (Phi) is 18.8. The smallest absolute Gasteiger partial charge is 0.320 e. The average Bonchev–Trinajstić information content (AvgIpc) is 2.76. The van der Waals surface area contributed by atoms with E-state index in [0.717, 1.165) is 24.2 Å². The highest BCUT2D eigenvalue weighted by Gasteiger charge is 2.36. The third-order valence-electron chi connectivity index (χ3n) is 5.74. The minimum Gasteiger partial charge on any atom is -0.400 e. The number of hydrogen-bond acceptors (Lipinski definition) is 8. The molecule has 0 atom stereocenters. The van der Waals surface area contributed by atoms with Gasteiger partial charge in [-0.25, -0.2) is 0 Å². The fourth-order valence-electron chi connectivity index (χ4n) is 3.77. The van der Waals surface area contributed by atoms with Crippen molar-refractivity contribution in [2.24, 2.45) is 0 Å². The lowest BCUT2D eigenvalue weighted by Crippen LogP contribution is -2.40. The lowest BCUT2D eigenvalue weighted by Gasteiger charge is -2.35. The molecule has 29 heavy (non-hydrogen) atoms. The van der Waals surface area contributed by atoms with Gasteiger partial charge < -0.3 is 35.4 Å². The summed E-state index contributed by atoms with van der Waals surface area (Å²) in [5.74, 6) is 0. The van der Waals surface area contributed by atoms with Gasteiger partial charge in [-0.15, -0.1) is 0 Å². The Labute approximate surface area is 185 Å². The second-order valence-electron chi connectivity index (χ2n) is 7.26. The average molecular weight is 505 g/mol. The summed E-state index contributed by atoms with van der Waals surface area (Å²) in [7, 11) is 6.02. The van der Waals surface area contributed by atoms with Gasteiger partial charge in [0.2, 0.25) is 0 Å². The second kappa shape index (κ2) is 18.3. The van der Waals surface area contributed by atoms with Crippen LogP contribution in [0.5, 0.6) is 0 Å². The molecule has 0 unspecified atom stereocenters. The Bertz CT molecular complexity index is 300. The molecule has 0 aliphatic heterocycles. The maximum Gasteiger partial charge on any atom is 0.320 e. The highest BCUT2D eigenvalue weighted by atomic mass is 28.3. The van der Waals surface area contributed by atoms with Gasteiger partial charge in [-0.2, -0.15) is 0 Å². The molecule has 0 saturated heterocycles. The summed E-state index contributed by atoms with van der Waals surface area (Å²) in [5, 5.41) is 0. The Morgan fingerprint density at radius 2 is 0.552 bits per heavy atom. The van der Waals surface area contributed by atoms with Crippen LogP contribution >= 0.6 is 0 Å². The molecule has 8 nitrogen and oxygen atoms in total. The van der Waals surface area contributed by atoms with Crippen molar-refractivity contribution in [3.8, 4) is 0 Å². The zero-order valence-electron chi connectivity index (χ0n) is 19.7. The molecule has 0 aromatic heterocycles. The molecule has 0 saturated carbocycles. The third kappa shape index (κ3) is 12.4. The van der Waals surface area contributed by atoms with Crippen molar-refractivity contribution in [3.05, 3.63) is 0 Å². The Morgan fingerprint density at radius 3 is 0.690 bits per heavy atom. The van der Waals surface area contributed by atoms with Gasteiger partial charge in [-0.05, 0) is 24.2 Å². The van der Waals surface area contributed by atoms with Crippen molar-refractivity contribution in [1.29, 1.82) is 0 Å². The van der Waals surface area contributed by atoms with Gasteiger partial charge in [-0.1, -0.05) is 24.2 Å². The van der Waals surface area contributed by atoms with Crippen molar-refractivity contribution < 1.29 is 35.4 Å². The molecule has 0 N–H and O–H groups in total. The lowest BCUT2D eigenvalue weighted by molar-refractivity contribution is 0.277. The number of hydrogen-bond donors (Lipinski definition) is 0. The van der Waals surface area contributed by atoms with Gasteiger partial charge >= 0.3 is 37.1 Å². The van der Waals surface area contributed by atoms with Crippen LogP contribution in [-0.4, -0.2) is 102 Å². The first-order valence-electron chi connectivity index (χ1n) is 10.2. The van der Waals surface area contributed by atoms with Crippen LogP contribution in [0.1, 0.15) is 0 Å². The third-order valence-corrected chi connectivity index (χ3v) is 20.7. The first kappa shape index (κ1) is 29.8. The molecule has 176 valence electrons. The highest BCUT2D eigenvalue weighted by molar-refractivity contribution is 6.82. The zero-order valence-corrected chi connectivity index (χ0v) is 25.4. The van der Waals surface area contributed by atoms with Gasteiger partial charge in [-0.3, -0.25) is 0 Å². The Hall–Kier alpha value is 0.764. The van der Waals surface area contributed by atoms with Crippen LogP contribution in [0.3, 0.4) is 0 Å². The largest absolute Gasteiger partial charge is 0.400 e. The lowest BCUT2D eigenvalue weighted by atomic mass is 10.9. The molecule has 0 bridgehead atoms. The fraction of sp³-hybridized carbons (Fsp3) is 1.00. The summed E-state index contributed by atoms with van der Waals surface area (Å²) in [6, 6.07) is 8.86. The second-order valence-corrected chi connectivity index (χ2v) is 21.8. The van der Waals surface area contributed by atoms with E-state index in [1.54, 1.807) is 56.9 Å². The van der Waals surface area contributed by atoms with E-state index >= 15 is 0 Å². The Morgan fingerprint density at radius 1 is 0.379 bits per heavy atom. The van der Waals surface area contributed by atoms with Crippen LogP contribution in [0, 0.1) is 0 Å². The van der Waals surface area contributed by atoms with Crippen molar-refractivity contribution in [2.75, 3.05) is 56.9 Å². The van der Waals surface area contributed by atoms with Crippen molar-refractivity contribution in [3.63, 3.8) is 0 Å². The molecule has 0 aromatic rings. The molecule has 0 heterocycles. The minimum atomic E-state index is -1.68. The van der Waals surface area contributed by atoms with E-state index in [0.29, 0.717) is 0 Å². The number of rotatable bonds is 20. The first-order valence-corrected chi connectivity index (χ1v) is 20.1. The zero-order chi connectivity index (χ0) is 22.1. The predicted octanol–water partition coefficient (Wildman–Crippen LogP) is 1.49. The van der Waals surface area contributed by atoms with Crippen LogP contribution < -0.4 is 0 Å². The molecule has 0 aromatic carbocycles. The molecule has 0 rings (SSSR count). The molecule has 0 spiro atoms. The molecule has 0 aliphatic carbocycles. The minimum absolute atomic E-state index is 1.03. The predicted molar refractivity (Wildman–Crippen MR) is 129 cm³/mol. The normalized spacial score (nSPS) is 12.8. The van der Waals surface area contributed by atoms with Gasteiger partial charge in [0, 0.05) is 56.9 Å². The van der Waals surface area contributed by atoms with Crippen molar-refractivity contribution in [1.82, 2.24) is 0 Å². The van der Waals surface area contributed by atoms with Crippen LogP contribution in [0.15, 0.2) is 0 Å². The Balaban J connectivity index is 5.46. The van der Waals surface area contributed by atoms with Crippen molar-refractivity contribution >= 4 is 45.2 Å². The van der Waals surface area contributed by atoms with Crippen LogP contribution in [-0.2, 0) is 35.4 Å². The summed E-state index contributed by atoms with van der Waals surface area (Å²) >= 11 is 0. The quantitative estimate of drug-likeness (QED) is 0.231. The summed E-state index contributed by atoms with van der Waals surface area (Å²) in [6.45, 7) is 0. The van der Waals surface area contributed by atoms with Gasteiger partial charge in [0.15, 0.2) is 0 Å². The van der Waals surface area contributed by atoms with E-state index in [1.807, 2.05) is 0 Å². The van der Waals surface area contributed by atoms with Gasteiger partial charge in [0.25, 0.3) is 0 Å². The summed E-state index contributed by atoms with van der Waals surface area (Å²) in [4.78, 5) is 0. The molecular weight excluding hydrogens is 461 g/mol. The monoisotopic (exact) mass is 504 g/mol. The maximum absolute atomic E-state index is 5.62. The topological polar surface area (TPSA) is 73.8 Å². The summed E-state index contributed by atoms with van der Waals surface area (Å²) in [5.41, 5.74) is 0. The summed E-state index contributed by atoms with van der Waals surface area (Å²) < 4.78 is 44.9. The van der Waals surface area contributed by atoms with Gasteiger partial charge in [0.05, 0.1) is 8.07 Å². The highest BCUT2D eigenvalue weighted by Crippen LogP contribution is 2.35. The molecule has 0 aliphatic rings. The van der Waals surface area contributed by atoms with E-state index in [4.69, 9.17) is 35.4 Å². The molecule has 0 fully saturated rings. The molecular formula is C16H44O8Si5. The van der Waals surface area contributed by atoms with E-state index in [2.05, 4.69) is 0 Å². The molecule has 13 heteroatoms. The van der Waals surface area contributed by atoms with E-state index < -0.39 is 45.2 Å². The van der Waals surface area contributed by atoms with E-state index in [9.17, 15) is 0 Å². The van der Waals surface area contributed by atoms with E-state index in [1.165, 1.54) is 24.2 Å². The molecule has 0 radical (unpaired) electrons. The van der Waals surface area contributed by atoms with Gasteiger partial charge in [0.1, 0.15) is 0 Å². The SMILES string of the molecule is CO[SiH](CC[Si](CC[SiH](OC)OC)(CC[SiH](OC)OC)CC[SiH](OC)OC)OC. The molecule has 0 amide bonds. The van der Waals surface area contributed by atoms with Crippen LogP contribution in [0.25, 0.3) is 0 Å².